The summed E-state index contributed by atoms with van der Waals surface area (Å²) < 4.78 is 14.6. The standard InChI is InChI=1S/C15H13BrClFN2O/c1-8(11-7-10(16)3-5-13(11)18)20-14-6-9(15(19)21)2-4-12(14)17/h2-8,20H,1H3,(H2,19,21). The van der Waals surface area contributed by atoms with E-state index in [0.717, 1.165) is 4.47 Å². The largest absolute Gasteiger partial charge is 0.377 e. The van der Waals surface area contributed by atoms with Gasteiger partial charge in [-0.25, -0.2) is 4.39 Å². The van der Waals surface area contributed by atoms with Crippen LogP contribution in [-0.4, -0.2) is 5.91 Å². The van der Waals surface area contributed by atoms with E-state index in [9.17, 15) is 9.18 Å². The van der Waals surface area contributed by atoms with Gasteiger partial charge in [0.1, 0.15) is 5.82 Å². The van der Waals surface area contributed by atoms with Gasteiger partial charge in [0.15, 0.2) is 0 Å². The molecule has 2 aromatic rings. The molecule has 6 heteroatoms. The van der Waals surface area contributed by atoms with Crippen molar-refractivity contribution in [2.45, 2.75) is 13.0 Å². The molecule has 0 saturated carbocycles. The first-order chi connectivity index (χ1) is 9.88. The van der Waals surface area contributed by atoms with Gasteiger partial charge in [-0.2, -0.15) is 0 Å². The number of carbonyl (C=O) groups is 1. The number of hydrogen-bond acceptors (Lipinski definition) is 2. The van der Waals surface area contributed by atoms with Crippen LogP contribution in [0.2, 0.25) is 5.02 Å². The summed E-state index contributed by atoms with van der Waals surface area (Å²) in [6.07, 6.45) is 0. The average molecular weight is 372 g/mol. The van der Waals surface area contributed by atoms with Crippen molar-refractivity contribution in [3.8, 4) is 0 Å². The smallest absolute Gasteiger partial charge is 0.248 e. The third-order valence-corrected chi connectivity index (χ3v) is 3.87. The monoisotopic (exact) mass is 370 g/mol. The molecule has 3 N–H and O–H groups in total. The molecule has 0 bridgehead atoms. The van der Waals surface area contributed by atoms with Crippen LogP contribution < -0.4 is 11.1 Å². The maximum Gasteiger partial charge on any atom is 0.248 e. The van der Waals surface area contributed by atoms with E-state index in [4.69, 9.17) is 17.3 Å². The van der Waals surface area contributed by atoms with E-state index in [1.54, 1.807) is 37.3 Å². The molecular weight excluding hydrogens is 359 g/mol. The maximum atomic E-state index is 13.9. The lowest BCUT2D eigenvalue weighted by Gasteiger charge is -2.18. The highest BCUT2D eigenvalue weighted by Gasteiger charge is 2.14. The molecule has 0 aliphatic carbocycles. The molecule has 0 heterocycles. The number of primary amides is 1. The molecule has 0 spiro atoms. The second-order valence-corrected chi connectivity index (χ2v) is 5.91. The quantitative estimate of drug-likeness (QED) is 0.830. The SMILES string of the molecule is CC(Nc1cc(C(N)=O)ccc1Cl)c1cc(Br)ccc1F. The second kappa shape index (κ2) is 6.45. The van der Waals surface area contributed by atoms with Gasteiger partial charge in [-0.1, -0.05) is 27.5 Å². The van der Waals surface area contributed by atoms with E-state index in [2.05, 4.69) is 21.2 Å². The number of anilines is 1. The van der Waals surface area contributed by atoms with Crippen LogP contribution in [0.15, 0.2) is 40.9 Å². The fourth-order valence-electron chi connectivity index (χ4n) is 1.95. The van der Waals surface area contributed by atoms with Crippen LogP contribution in [0.3, 0.4) is 0 Å². The highest BCUT2D eigenvalue weighted by atomic mass is 79.9. The first-order valence-corrected chi connectivity index (χ1v) is 7.36. The topological polar surface area (TPSA) is 55.1 Å². The van der Waals surface area contributed by atoms with Crippen LogP contribution in [0.1, 0.15) is 28.9 Å². The maximum absolute atomic E-state index is 13.9. The summed E-state index contributed by atoms with van der Waals surface area (Å²) in [6.45, 7) is 1.80. The number of nitrogens with two attached hydrogens (primary N) is 1. The lowest BCUT2D eigenvalue weighted by Crippen LogP contribution is -2.13. The molecule has 0 aliphatic heterocycles. The number of benzene rings is 2. The van der Waals surface area contributed by atoms with Crippen LogP contribution in [0.25, 0.3) is 0 Å². The van der Waals surface area contributed by atoms with Gasteiger partial charge < -0.3 is 11.1 Å². The first-order valence-electron chi connectivity index (χ1n) is 6.19. The van der Waals surface area contributed by atoms with Crippen LogP contribution in [0.4, 0.5) is 10.1 Å². The Morgan fingerprint density at radius 1 is 1.33 bits per heavy atom. The molecule has 1 amide bonds. The molecule has 110 valence electrons. The molecule has 1 unspecified atom stereocenters. The molecular formula is C15H13BrClFN2O. The minimum atomic E-state index is -0.545. The van der Waals surface area contributed by atoms with Crippen LogP contribution >= 0.6 is 27.5 Å². The molecule has 0 fully saturated rings. The van der Waals surface area contributed by atoms with E-state index in [1.807, 2.05) is 0 Å². The van der Waals surface area contributed by atoms with Gasteiger partial charge in [-0.3, -0.25) is 4.79 Å². The summed E-state index contributed by atoms with van der Waals surface area (Å²) in [5.41, 5.74) is 6.60. The fraction of sp³-hybridized carbons (Fsp3) is 0.133. The molecule has 2 aromatic carbocycles. The Morgan fingerprint density at radius 2 is 2.05 bits per heavy atom. The molecule has 21 heavy (non-hydrogen) atoms. The number of halogens is 3. The van der Waals surface area contributed by atoms with Gasteiger partial charge in [0, 0.05) is 15.6 Å². The number of carbonyl (C=O) groups excluding carboxylic acids is 1. The summed E-state index contributed by atoms with van der Waals surface area (Å²) in [5, 5.41) is 3.52. The summed E-state index contributed by atoms with van der Waals surface area (Å²) in [7, 11) is 0. The first kappa shape index (κ1) is 15.8. The minimum absolute atomic E-state index is 0.319. The second-order valence-electron chi connectivity index (χ2n) is 4.59. The van der Waals surface area contributed by atoms with E-state index in [0.29, 0.717) is 21.8 Å². The third kappa shape index (κ3) is 3.74. The van der Waals surface area contributed by atoms with Crippen molar-refractivity contribution in [1.29, 1.82) is 0 Å². The number of rotatable bonds is 4. The van der Waals surface area contributed by atoms with Crippen LogP contribution in [0.5, 0.6) is 0 Å². The van der Waals surface area contributed by atoms with Crippen molar-refractivity contribution in [1.82, 2.24) is 0 Å². The van der Waals surface area contributed by atoms with E-state index in [1.165, 1.54) is 6.07 Å². The van der Waals surface area contributed by atoms with Gasteiger partial charge in [0.2, 0.25) is 5.91 Å². The zero-order chi connectivity index (χ0) is 15.6. The third-order valence-electron chi connectivity index (χ3n) is 3.05. The molecule has 0 aromatic heterocycles. The predicted molar refractivity (Wildman–Crippen MR) is 86.1 cm³/mol. The van der Waals surface area contributed by atoms with Crippen molar-refractivity contribution < 1.29 is 9.18 Å². The number of hydrogen-bond donors (Lipinski definition) is 2. The molecule has 0 radical (unpaired) electrons. The van der Waals surface area contributed by atoms with Crippen molar-refractivity contribution in [2.75, 3.05) is 5.32 Å². The Hall–Kier alpha value is -1.59. The van der Waals surface area contributed by atoms with Crippen molar-refractivity contribution in [2.24, 2.45) is 5.73 Å². The Morgan fingerprint density at radius 3 is 2.71 bits per heavy atom. The lowest BCUT2D eigenvalue weighted by atomic mass is 10.1. The zero-order valence-corrected chi connectivity index (χ0v) is 13.5. The Kier molecular flexibility index (Phi) is 4.85. The molecule has 1 atom stereocenters. The fourth-order valence-corrected chi connectivity index (χ4v) is 2.50. The van der Waals surface area contributed by atoms with E-state index >= 15 is 0 Å². The lowest BCUT2D eigenvalue weighted by molar-refractivity contribution is 0.100. The van der Waals surface area contributed by atoms with Gasteiger partial charge in [0.25, 0.3) is 0 Å². The zero-order valence-electron chi connectivity index (χ0n) is 11.2. The Bertz CT molecular complexity index is 693. The van der Waals surface area contributed by atoms with Crippen molar-refractivity contribution in [3.05, 3.63) is 62.8 Å². The Labute approximate surface area is 135 Å². The van der Waals surface area contributed by atoms with Crippen LogP contribution in [-0.2, 0) is 0 Å². The average Bonchev–Trinajstić information content (AvgIpc) is 2.43. The van der Waals surface area contributed by atoms with Crippen molar-refractivity contribution >= 4 is 39.1 Å². The van der Waals surface area contributed by atoms with E-state index < -0.39 is 5.91 Å². The molecule has 0 saturated heterocycles. The number of amides is 1. The normalized spacial score (nSPS) is 12.0. The highest BCUT2D eigenvalue weighted by Crippen LogP contribution is 2.29. The Balaban J connectivity index is 2.31. The predicted octanol–water partition coefficient (Wildman–Crippen LogP) is 4.51. The summed E-state index contributed by atoms with van der Waals surface area (Å²) in [6, 6.07) is 9.05. The van der Waals surface area contributed by atoms with Gasteiger partial charge >= 0.3 is 0 Å². The minimum Gasteiger partial charge on any atom is -0.377 e. The van der Waals surface area contributed by atoms with Gasteiger partial charge in [-0.05, 0) is 43.3 Å². The van der Waals surface area contributed by atoms with Gasteiger partial charge in [-0.15, -0.1) is 0 Å². The highest BCUT2D eigenvalue weighted by molar-refractivity contribution is 9.10. The summed E-state index contributed by atoms with van der Waals surface area (Å²) in [5.74, 6) is -0.864. The van der Waals surface area contributed by atoms with Gasteiger partial charge in [0.05, 0.1) is 16.8 Å². The molecule has 0 aliphatic rings. The van der Waals surface area contributed by atoms with E-state index in [-0.39, 0.29) is 11.9 Å². The van der Waals surface area contributed by atoms with Crippen molar-refractivity contribution in [3.63, 3.8) is 0 Å². The summed E-state index contributed by atoms with van der Waals surface area (Å²) >= 11 is 9.40. The van der Waals surface area contributed by atoms with Crippen LogP contribution in [0, 0.1) is 5.82 Å². The number of nitrogens with one attached hydrogen (secondary N) is 1. The molecule has 2 rings (SSSR count). The summed E-state index contributed by atoms with van der Waals surface area (Å²) in [4.78, 5) is 11.2. The molecule has 3 nitrogen and oxygen atoms in total.